The quantitative estimate of drug-likeness (QED) is 0.454. The van der Waals surface area contributed by atoms with Gasteiger partial charge in [0.1, 0.15) is 6.61 Å². The summed E-state index contributed by atoms with van der Waals surface area (Å²) < 4.78 is 59.5. The number of hydrogen-bond donors (Lipinski definition) is 1. The van der Waals surface area contributed by atoms with Crippen LogP contribution in [0.3, 0.4) is 0 Å². The van der Waals surface area contributed by atoms with E-state index in [4.69, 9.17) is 5.21 Å². The first kappa shape index (κ1) is 14.1. The Morgan fingerprint density at radius 2 is 1.73 bits per heavy atom. The molecule has 6 nitrogen and oxygen atoms in total. The molecule has 0 bridgehead atoms. The molecule has 90 valence electrons. The van der Waals surface area contributed by atoms with Crippen LogP contribution in [0.15, 0.2) is 0 Å². The van der Waals surface area contributed by atoms with E-state index in [1.54, 1.807) is 0 Å². The summed E-state index contributed by atoms with van der Waals surface area (Å²) in [6.45, 7) is 0.895. The molecule has 0 radical (unpaired) electrons. The van der Waals surface area contributed by atoms with Crippen molar-refractivity contribution in [3.05, 3.63) is 4.91 Å². The Morgan fingerprint density at radius 1 is 1.33 bits per heavy atom. The Bertz CT molecular complexity index is 346. The monoisotopic (exact) mass is 252 g/mol. The lowest BCUT2D eigenvalue weighted by molar-refractivity contribution is -0.838. The van der Waals surface area contributed by atoms with Gasteiger partial charge in [-0.3, -0.25) is 4.18 Å². The predicted molar refractivity (Wildman–Crippen MR) is 40.4 cm³/mol. The van der Waals surface area contributed by atoms with Crippen molar-refractivity contribution in [3.8, 4) is 0 Å². The third-order valence-electron chi connectivity index (χ3n) is 1.37. The molecule has 0 aliphatic rings. The fourth-order valence-corrected chi connectivity index (χ4v) is 0.921. The second-order valence-corrected chi connectivity index (χ2v) is 4.85. The van der Waals surface area contributed by atoms with E-state index in [2.05, 4.69) is 4.18 Å². The highest BCUT2D eigenvalue weighted by Gasteiger charge is 2.50. The van der Waals surface area contributed by atoms with Crippen molar-refractivity contribution in [2.24, 2.45) is 0 Å². The van der Waals surface area contributed by atoms with Gasteiger partial charge in [0.15, 0.2) is 0 Å². The van der Waals surface area contributed by atoms with E-state index in [-0.39, 0.29) is 0 Å². The minimum atomic E-state index is -5.74. The Labute approximate surface area is 83.3 Å². The van der Waals surface area contributed by atoms with E-state index < -0.39 is 32.7 Å². The van der Waals surface area contributed by atoms with E-state index >= 15 is 0 Å². The third-order valence-corrected chi connectivity index (χ3v) is 2.36. The molecule has 1 N–H and O–H groups in total. The van der Waals surface area contributed by atoms with Gasteiger partial charge in [0, 0.05) is 13.8 Å². The van der Waals surface area contributed by atoms with Crippen LogP contribution in [0, 0.1) is 4.91 Å². The summed E-state index contributed by atoms with van der Waals surface area (Å²) in [7, 11) is -5.74. The van der Waals surface area contributed by atoms with Gasteiger partial charge in [-0.1, -0.05) is 0 Å². The fourth-order valence-electron chi connectivity index (χ4n) is 0.344. The Balaban J connectivity index is 4.62. The molecule has 0 rings (SSSR count). The molecule has 0 aliphatic carbocycles. The van der Waals surface area contributed by atoms with Crippen molar-refractivity contribution in [2.75, 3.05) is 6.61 Å². The maximum Gasteiger partial charge on any atom is 0.523 e. The predicted octanol–water partition coefficient (Wildman–Crippen LogP) is 0.799. The maximum atomic E-state index is 11.7. The van der Waals surface area contributed by atoms with Gasteiger partial charge < -0.3 is 0 Å². The van der Waals surface area contributed by atoms with Crippen LogP contribution in [0.25, 0.3) is 0 Å². The molecule has 0 heterocycles. The average molecular weight is 252 g/mol. The zero-order valence-corrected chi connectivity index (χ0v) is 8.59. The molecular formula is C5H9F3NO5S+. The molecular weight excluding hydrogens is 243 g/mol. The van der Waals surface area contributed by atoms with Crippen molar-refractivity contribution >= 4 is 10.1 Å². The normalized spacial score (nSPS) is 13.9. The topological polar surface area (TPSA) is 83.7 Å². The second kappa shape index (κ2) is 3.93. The summed E-state index contributed by atoms with van der Waals surface area (Å²) in [5.41, 5.74) is -7.34. The SMILES string of the molecule is CC(C)(COS(=O)(=O)C(F)(F)F)[N+](=O)O. The van der Waals surface area contributed by atoms with E-state index in [9.17, 15) is 26.5 Å². The van der Waals surface area contributed by atoms with Crippen molar-refractivity contribution in [3.63, 3.8) is 0 Å². The lowest BCUT2D eigenvalue weighted by Crippen LogP contribution is -2.40. The van der Waals surface area contributed by atoms with Gasteiger partial charge in [-0.25, -0.2) is 5.21 Å². The summed E-state index contributed by atoms with van der Waals surface area (Å²) in [4.78, 5) is 9.67. The first-order valence-electron chi connectivity index (χ1n) is 3.52. The molecule has 0 amide bonds. The second-order valence-electron chi connectivity index (χ2n) is 3.25. The maximum absolute atomic E-state index is 11.7. The summed E-state index contributed by atoms with van der Waals surface area (Å²) >= 11 is 0. The summed E-state index contributed by atoms with van der Waals surface area (Å²) in [5, 5.41) is 8.40. The van der Waals surface area contributed by atoms with Gasteiger partial charge in [-0.15, -0.1) is 0 Å². The smallest absolute Gasteiger partial charge is 0.255 e. The van der Waals surface area contributed by atoms with Gasteiger partial charge in [0.05, 0.1) is 4.91 Å². The van der Waals surface area contributed by atoms with Crippen LogP contribution in [-0.4, -0.2) is 36.2 Å². The molecule has 0 aromatic rings. The minimum Gasteiger partial charge on any atom is -0.255 e. The highest BCUT2D eigenvalue weighted by molar-refractivity contribution is 7.87. The van der Waals surface area contributed by atoms with E-state index in [1.807, 2.05) is 0 Å². The van der Waals surface area contributed by atoms with Crippen molar-refractivity contribution < 1.29 is 35.9 Å². The highest BCUT2D eigenvalue weighted by Crippen LogP contribution is 2.25. The van der Waals surface area contributed by atoms with Crippen LogP contribution >= 0.6 is 0 Å². The molecule has 0 spiro atoms. The third kappa shape index (κ3) is 3.63. The lowest BCUT2D eigenvalue weighted by Gasteiger charge is -2.12. The highest BCUT2D eigenvalue weighted by atomic mass is 32.2. The molecule has 0 fully saturated rings. The van der Waals surface area contributed by atoms with E-state index in [0.29, 0.717) is 0 Å². The standard InChI is InChI=1S/C5H9F3NO5S/c1-4(2,9(10)11)3-14-15(12,13)5(6,7)8/h3H2,1-2H3,(H,10,11)/q+1. The first-order chi connectivity index (χ1) is 6.40. The van der Waals surface area contributed by atoms with Crippen LogP contribution in [0.2, 0.25) is 0 Å². The first-order valence-corrected chi connectivity index (χ1v) is 4.93. The molecule has 0 unspecified atom stereocenters. The zero-order valence-electron chi connectivity index (χ0n) is 7.78. The van der Waals surface area contributed by atoms with Crippen molar-refractivity contribution in [1.82, 2.24) is 0 Å². The van der Waals surface area contributed by atoms with Crippen LogP contribution < -0.4 is 0 Å². The van der Waals surface area contributed by atoms with Gasteiger partial charge >= 0.3 is 15.6 Å². The zero-order chi connectivity index (χ0) is 12.5. The fraction of sp³-hybridized carbons (Fsp3) is 1.00. The molecule has 0 aliphatic heterocycles. The number of hydrogen-bond acceptors (Lipinski definition) is 4. The van der Waals surface area contributed by atoms with E-state index in [1.165, 1.54) is 0 Å². The van der Waals surface area contributed by atoms with Gasteiger partial charge in [0.2, 0.25) is 4.92 Å². The molecule has 0 saturated heterocycles. The Morgan fingerprint density at radius 3 is 2.00 bits per heavy atom. The van der Waals surface area contributed by atoms with E-state index in [0.717, 1.165) is 13.8 Å². The lowest BCUT2D eigenvalue weighted by atomic mass is 10.1. The number of nitrogens with zero attached hydrogens (tertiary/aromatic N) is 1. The molecule has 0 aromatic heterocycles. The van der Waals surface area contributed by atoms with Crippen molar-refractivity contribution in [1.29, 1.82) is 0 Å². The number of rotatable bonds is 4. The number of alkyl halides is 3. The van der Waals surface area contributed by atoms with Crippen LogP contribution in [0.1, 0.15) is 13.8 Å². The Kier molecular flexibility index (Phi) is 3.69. The molecule has 0 aromatic carbocycles. The molecule has 15 heavy (non-hydrogen) atoms. The summed E-state index contributed by atoms with van der Waals surface area (Å²) in [5.74, 6) is 0. The van der Waals surface area contributed by atoms with Gasteiger partial charge in [-0.05, 0) is 0 Å². The summed E-state index contributed by atoms with van der Waals surface area (Å²) in [6, 6.07) is 0. The van der Waals surface area contributed by atoms with Crippen LogP contribution in [-0.2, 0) is 14.3 Å². The number of halogens is 3. The molecule has 0 atom stereocenters. The largest absolute Gasteiger partial charge is 0.523 e. The summed E-state index contributed by atoms with van der Waals surface area (Å²) in [6.07, 6.45) is 0. The van der Waals surface area contributed by atoms with Crippen LogP contribution in [0.5, 0.6) is 0 Å². The molecule has 10 heteroatoms. The van der Waals surface area contributed by atoms with Gasteiger partial charge in [-0.2, -0.15) is 21.6 Å². The average Bonchev–Trinajstić information content (AvgIpc) is 1.99. The van der Waals surface area contributed by atoms with Crippen molar-refractivity contribution in [2.45, 2.75) is 24.9 Å². The van der Waals surface area contributed by atoms with Crippen LogP contribution in [0.4, 0.5) is 13.2 Å². The minimum absolute atomic E-state index is 0.682. The van der Waals surface area contributed by atoms with Gasteiger partial charge in [0.25, 0.3) is 5.54 Å². The molecule has 0 saturated carbocycles. The Hall–Kier alpha value is -0.900.